The molecule has 1 fully saturated rings. The minimum absolute atomic E-state index is 0.221. The van der Waals surface area contributed by atoms with Crippen LogP contribution in [0.25, 0.3) is 33.3 Å². The third-order valence-corrected chi connectivity index (χ3v) is 5.03. The number of nitrogens with one attached hydrogen (secondary N) is 2. The maximum absolute atomic E-state index is 9.71. The van der Waals surface area contributed by atoms with Gasteiger partial charge in [-0.25, -0.2) is 14.6 Å². The normalized spacial score (nSPS) is 15.8. The van der Waals surface area contributed by atoms with Crippen LogP contribution in [-0.2, 0) is 0 Å². The third kappa shape index (κ3) is 2.30. The van der Waals surface area contributed by atoms with E-state index < -0.39 is 0 Å². The monoisotopic (exact) mass is 349 g/mol. The van der Waals surface area contributed by atoms with Crippen LogP contribution in [0.4, 0.5) is 5.82 Å². The van der Waals surface area contributed by atoms with E-state index in [1.165, 1.54) is 6.33 Å². The van der Waals surface area contributed by atoms with Gasteiger partial charge in [0, 0.05) is 17.0 Å². The van der Waals surface area contributed by atoms with Crippen LogP contribution in [0.1, 0.15) is 18.9 Å². The predicted molar refractivity (Wildman–Crippen MR) is 99.8 cm³/mol. The molecule has 1 aliphatic rings. The van der Waals surface area contributed by atoms with Crippen molar-refractivity contribution in [3.63, 3.8) is 0 Å². The third-order valence-electron chi connectivity index (χ3n) is 5.03. The maximum Gasteiger partial charge on any atom is 0.164 e. The van der Waals surface area contributed by atoms with Crippen molar-refractivity contribution in [1.29, 1.82) is 0 Å². The van der Waals surface area contributed by atoms with Crippen molar-refractivity contribution < 1.29 is 5.11 Å². The van der Waals surface area contributed by atoms with Gasteiger partial charge in [-0.15, -0.1) is 0 Å². The number of nitrogen functional groups attached to an aromatic ring is 1. The second kappa shape index (κ2) is 5.70. The SMILES string of the molecule is Nc1ncnc2c1c(-c1cc3ccc(O)cc3[nH]1)nn2C1CCNCC1. The number of piperidine rings is 1. The Bertz CT molecular complexity index is 1110. The van der Waals surface area contributed by atoms with Gasteiger partial charge in [0.25, 0.3) is 0 Å². The van der Waals surface area contributed by atoms with Crippen molar-refractivity contribution in [3.8, 4) is 17.1 Å². The Balaban J connectivity index is 1.73. The maximum atomic E-state index is 9.71. The molecule has 1 aromatic carbocycles. The first-order valence-corrected chi connectivity index (χ1v) is 8.72. The molecule has 0 bridgehead atoms. The molecular weight excluding hydrogens is 330 g/mol. The van der Waals surface area contributed by atoms with Gasteiger partial charge < -0.3 is 21.1 Å². The van der Waals surface area contributed by atoms with E-state index in [-0.39, 0.29) is 11.8 Å². The summed E-state index contributed by atoms with van der Waals surface area (Å²) in [5, 5.41) is 19.7. The molecule has 0 amide bonds. The molecule has 132 valence electrons. The van der Waals surface area contributed by atoms with Crippen molar-refractivity contribution in [2.75, 3.05) is 18.8 Å². The molecule has 1 aliphatic heterocycles. The van der Waals surface area contributed by atoms with Crippen molar-refractivity contribution in [1.82, 2.24) is 30.0 Å². The van der Waals surface area contributed by atoms with E-state index in [9.17, 15) is 5.11 Å². The smallest absolute Gasteiger partial charge is 0.164 e. The Labute approximate surface area is 149 Å². The lowest BCUT2D eigenvalue weighted by Crippen LogP contribution is -2.30. The fourth-order valence-corrected chi connectivity index (χ4v) is 3.73. The zero-order chi connectivity index (χ0) is 17.7. The van der Waals surface area contributed by atoms with Crippen LogP contribution in [0.15, 0.2) is 30.6 Å². The summed E-state index contributed by atoms with van der Waals surface area (Å²) in [5.41, 5.74) is 9.38. The number of aromatic nitrogens is 5. The molecule has 8 nitrogen and oxygen atoms in total. The minimum Gasteiger partial charge on any atom is -0.508 e. The van der Waals surface area contributed by atoms with E-state index in [1.807, 2.05) is 16.8 Å². The average Bonchev–Trinajstić information content (AvgIpc) is 3.24. The zero-order valence-corrected chi connectivity index (χ0v) is 14.1. The van der Waals surface area contributed by atoms with Crippen molar-refractivity contribution >= 4 is 27.8 Å². The van der Waals surface area contributed by atoms with E-state index in [1.54, 1.807) is 12.1 Å². The first-order chi connectivity index (χ1) is 12.7. The van der Waals surface area contributed by atoms with Crippen molar-refractivity contribution in [2.24, 2.45) is 0 Å². The molecule has 3 aromatic heterocycles. The molecule has 0 aliphatic carbocycles. The standard InChI is InChI=1S/C18H19N7O/c19-17-15-16(14-7-10-1-2-12(26)8-13(10)23-14)24-25(18(15)22-9-21-17)11-3-5-20-6-4-11/h1-2,7-9,11,20,23,26H,3-6H2,(H2,19,21,22). The number of nitrogens with two attached hydrogens (primary N) is 1. The summed E-state index contributed by atoms with van der Waals surface area (Å²) in [6, 6.07) is 7.54. The van der Waals surface area contributed by atoms with Gasteiger partial charge >= 0.3 is 0 Å². The molecule has 0 spiro atoms. The molecule has 1 saturated heterocycles. The molecule has 0 unspecified atom stereocenters. The number of benzene rings is 1. The number of phenolic OH excluding ortho intramolecular Hbond substituents is 1. The number of fused-ring (bicyclic) bond motifs is 2. The van der Waals surface area contributed by atoms with E-state index in [0.717, 1.165) is 59.3 Å². The Hall–Kier alpha value is -3.13. The van der Waals surface area contributed by atoms with E-state index >= 15 is 0 Å². The molecule has 5 rings (SSSR count). The zero-order valence-electron chi connectivity index (χ0n) is 14.1. The second-order valence-corrected chi connectivity index (χ2v) is 6.69. The summed E-state index contributed by atoms with van der Waals surface area (Å²) >= 11 is 0. The minimum atomic E-state index is 0.221. The lowest BCUT2D eigenvalue weighted by molar-refractivity contribution is 0.350. The summed E-state index contributed by atoms with van der Waals surface area (Å²) in [6.45, 7) is 1.93. The molecule has 8 heteroatoms. The van der Waals surface area contributed by atoms with Gasteiger partial charge in [0.1, 0.15) is 23.6 Å². The Morgan fingerprint density at radius 3 is 2.85 bits per heavy atom. The van der Waals surface area contributed by atoms with Gasteiger partial charge in [-0.2, -0.15) is 5.10 Å². The second-order valence-electron chi connectivity index (χ2n) is 6.69. The summed E-state index contributed by atoms with van der Waals surface area (Å²) < 4.78 is 1.99. The largest absolute Gasteiger partial charge is 0.508 e. The highest BCUT2D eigenvalue weighted by Gasteiger charge is 2.24. The molecule has 0 saturated carbocycles. The van der Waals surface area contributed by atoms with Crippen LogP contribution in [0.2, 0.25) is 0 Å². The van der Waals surface area contributed by atoms with E-state index in [2.05, 4.69) is 20.3 Å². The Morgan fingerprint density at radius 1 is 1.15 bits per heavy atom. The molecule has 5 N–H and O–H groups in total. The average molecular weight is 349 g/mol. The fraction of sp³-hybridized carbons (Fsp3) is 0.278. The number of rotatable bonds is 2. The summed E-state index contributed by atoms with van der Waals surface area (Å²) in [4.78, 5) is 12.0. The number of hydrogen-bond acceptors (Lipinski definition) is 6. The van der Waals surface area contributed by atoms with Crippen LogP contribution in [0.5, 0.6) is 5.75 Å². The lowest BCUT2D eigenvalue weighted by atomic mass is 10.1. The van der Waals surface area contributed by atoms with Crippen LogP contribution >= 0.6 is 0 Å². The number of hydrogen-bond donors (Lipinski definition) is 4. The Kier molecular flexibility index (Phi) is 3.32. The van der Waals surface area contributed by atoms with Gasteiger partial charge in [0.15, 0.2) is 5.65 Å². The molecule has 0 radical (unpaired) electrons. The van der Waals surface area contributed by atoms with E-state index in [4.69, 9.17) is 10.8 Å². The van der Waals surface area contributed by atoms with Gasteiger partial charge in [-0.1, -0.05) is 0 Å². The molecular formula is C18H19N7O. The van der Waals surface area contributed by atoms with Crippen molar-refractivity contribution in [3.05, 3.63) is 30.6 Å². The van der Waals surface area contributed by atoms with Crippen LogP contribution in [-0.4, -0.2) is 42.9 Å². The summed E-state index contributed by atoms with van der Waals surface area (Å²) in [5.74, 6) is 0.644. The number of anilines is 1. The molecule has 4 aromatic rings. The van der Waals surface area contributed by atoms with E-state index in [0.29, 0.717) is 5.82 Å². The van der Waals surface area contributed by atoms with Crippen LogP contribution in [0, 0.1) is 0 Å². The fourth-order valence-electron chi connectivity index (χ4n) is 3.73. The number of nitrogens with zero attached hydrogens (tertiary/aromatic N) is 4. The highest BCUT2D eigenvalue weighted by molar-refractivity contribution is 6.00. The highest BCUT2D eigenvalue weighted by atomic mass is 16.3. The predicted octanol–water partition coefficient (Wildman–Crippen LogP) is 2.19. The Morgan fingerprint density at radius 2 is 2.00 bits per heavy atom. The number of phenols is 1. The first-order valence-electron chi connectivity index (χ1n) is 8.72. The molecule has 26 heavy (non-hydrogen) atoms. The van der Waals surface area contributed by atoms with Crippen LogP contribution < -0.4 is 11.1 Å². The number of aromatic amines is 1. The highest BCUT2D eigenvalue weighted by Crippen LogP contribution is 2.34. The quantitative estimate of drug-likeness (QED) is 0.441. The first kappa shape index (κ1) is 15.2. The number of H-pyrrole nitrogens is 1. The molecule has 4 heterocycles. The topological polar surface area (TPSA) is 118 Å². The van der Waals surface area contributed by atoms with Gasteiger partial charge in [-0.05, 0) is 44.1 Å². The van der Waals surface area contributed by atoms with Crippen molar-refractivity contribution in [2.45, 2.75) is 18.9 Å². The summed E-state index contributed by atoms with van der Waals surface area (Å²) in [7, 11) is 0. The van der Waals surface area contributed by atoms with Gasteiger partial charge in [-0.3, -0.25) is 0 Å². The number of aromatic hydroxyl groups is 1. The van der Waals surface area contributed by atoms with Gasteiger partial charge in [0.05, 0.1) is 17.1 Å². The van der Waals surface area contributed by atoms with Gasteiger partial charge in [0.2, 0.25) is 0 Å². The molecule has 0 atom stereocenters. The summed E-state index contributed by atoms with van der Waals surface area (Å²) in [6.07, 6.45) is 3.49. The van der Waals surface area contributed by atoms with Crippen LogP contribution in [0.3, 0.4) is 0 Å². The lowest BCUT2D eigenvalue weighted by Gasteiger charge is -2.23.